The highest BCUT2D eigenvalue weighted by atomic mass is 35.5. The predicted molar refractivity (Wildman–Crippen MR) is 83.6 cm³/mol. The summed E-state index contributed by atoms with van der Waals surface area (Å²) in [5, 5.41) is 5.07. The molecule has 0 atom stereocenters. The molecule has 0 saturated heterocycles. The van der Waals surface area contributed by atoms with E-state index in [1.807, 2.05) is 0 Å². The minimum Gasteiger partial charge on any atom is -0.267 e. The van der Waals surface area contributed by atoms with Crippen LogP contribution in [0.25, 0.3) is 0 Å². The van der Waals surface area contributed by atoms with Crippen LogP contribution in [0.3, 0.4) is 0 Å². The van der Waals surface area contributed by atoms with Crippen LogP contribution in [0.1, 0.15) is 49.4 Å². The standard InChI is InChI=1S/C15H18Cl2N2O/c1-2-10-3-6-12(7-4-10)18-19-15(20)13-8-5-11(16)9-14(13)17/h5,8-10H,2-4,6-7H2,1H3,(H,19,20). The lowest BCUT2D eigenvalue weighted by Crippen LogP contribution is -2.22. The zero-order valence-corrected chi connectivity index (χ0v) is 13.0. The number of rotatable bonds is 3. The number of hydrogen-bond acceptors (Lipinski definition) is 2. The zero-order valence-electron chi connectivity index (χ0n) is 11.5. The second kappa shape index (κ2) is 7.09. The largest absolute Gasteiger partial charge is 0.272 e. The monoisotopic (exact) mass is 312 g/mol. The van der Waals surface area contributed by atoms with Crippen LogP contribution in [0.4, 0.5) is 0 Å². The summed E-state index contributed by atoms with van der Waals surface area (Å²) in [6.07, 6.45) is 5.47. The maximum Gasteiger partial charge on any atom is 0.272 e. The molecule has 1 saturated carbocycles. The molecule has 0 bridgehead atoms. The van der Waals surface area contributed by atoms with Crippen LogP contribution in [0, 0.1) is 5.92 Å². The highest BCUT2D eigenvalue weighted by molar-refractivity contribution is 6.36. The third-order valence-electron chi connectivity index (χ3n) is 3.75. The summed E-state index contributed by atoms with van der Waals surface area (Å²) >= 11 is 11.8. The molecule has 0 spiro atoms. The molecule has 108 valence electrons. The Morgan fingerprint density at radius 3 is 2.65 bits per heavy atom. The van der Waals surface area contributed by atoms with Crippen molar-refractivity contribution in [3.63, 3.8) is 0 Å². The Labute approximate surface area is 129 Å². The van der Waals surface area contributed by atoms with E-state index in [9.17, 15) is 4.79 Å². The minimum absolute atomic E-state index is 0.295. The third-order valence-corrected chi connectivity index (χ3v) is 4.30. The molecule has 1 aliphatic carbocycles. The second-order valence-electron chi connectivity index (χ2n) is 5.09. The van der Waals surface area contributed by atoms with Crippen molar-refractivity contribution in [1.82, 2.24) is 5.43 Å². The van der Waals surface area contributed by atoms with E-state index in [0.29, 0.717) is 15.6 Å². The van der Waals surface area contributed by atoms with Gasteiger partial charge in [-0.2, -0.15) is 5.10 Å². The van der Waals surface area contributed by atoms with Gasteiger partial charge in [-0.3, -0.25) is 4.79 Å². The van der Waals surface area contributed by atoms with E-state index in [1.54, 1.807) is 18.2 Å². The third kappa shape index (κ3) is 3.97. The van der Waals surface area contributed by atoms with Crippen LogP contribution >= 0.6 is 23.2 Å². The predicted octanol–water partition coefficient (Wildman–Crippen LogP) is 4.68. The van der Waals surface area contributed by atoms with E-state index in [-0.39, 0.29) is 5.91 Å². The van der Waals surface area contributed by atoms with Gasteiger partial charge in [0.25, 0.3) is 5.91 Å². The summed E-state index contributed by atoms with van der Waals surface area (Å²) in [6.45, 7) is 2.22. The van der Waals surface area contributed by atoms with Crippen molar-refractivity contribution in [3.05, 3.63) is 33.8 Å². The number of nitrogens with zero attached hydrogens (tertiary/aromatic N) is 1. The van der Waals surface area contributed by atoms with Gasteiger partial charge in [0, 0.05) is 10.7 Å². The van der Waals surface area contributed by atoms with E-state index < -0.39 is 0 Å². The summed E-state index contributed by atoms with van der Waals surface area (Å²) in [6, 6.07) is 4.80. The maximum atomic E-state index is 12.0. The number of nitrogens with one attached hydrogen (secondary N) is 1. The quantitative estimate of drug-likeness (QED) is 0.809. The molecular weight excluding hydrogens is 295 g/mol. The average Bonchev–Trinajstić information content (AvgIpc) is 2.45. The van der Waals surface area contributed by atoms with E-state index in [4.69, 9.17) is 23.2 Å². The summed E-state index contributed by atoms with van der Waals surface area (Å²) in [5.74, 6) is 0.507. The smallest absolute Gasteiger partial charge is 0.267 e. The van der Waals surface area contributed by atoms with Crippen molar-refractivity contribution in [2.45, 2.75) is 39.0 Å². The average molecular weight is 313 g/mol. The molecule has 5 heteroatoms. The van der Waals surface area contributed by atoms with Crippen molar-refractivity contribution in [1.29, 1.82) is 0 Å². The van der Waals surface area contributed by atoms with Crippen molar-refractivity contribution < 1.29 is 4.79 Å². The molecule has 1 N–H and O–H groups in total. The molecule has 3 nitrogen and oxygen atoms in total. The van der Waals surface area contributed by atoms with Crippen LogP contribution < -0.4 is 5.43 Å². The normalized spacial score (nSPS) is 18.8. The van der Waals surface area contributed by atoms with E-state index in [1.165, 1.54) is 6.42 Å². The van der Waals surface area contributed by atoms with Crippen molar-refractivity contribution in [2.24, 2.45) is 11.0 Å². The van der Waals surface area contributed by atoms with Crippen LogP contribution in [-0.4, -0.2) is 11.6 Å². The Bertz CT molecular complexity index is 519. The summed E-state index contributed by atoms with van der Waals surface area (Å²) in [4.78, 5) is 12.0. The molecule has 1 aromatic rings. The van der Waals surface area contributed by atoms with Gasteiger partial charge in [0.05, 0.1) is 10.6 Å². The number of hydrazone groups is 1. The van der Waals surface area contributed by atoms with Gasteiger partial charge in [0.15, 0.2) is 0 Å². The van der Waals surface area contributed by atoms with Gasteiger partial charge in [-0.25, -0.2) is 5.43 Å². The van der Waals surface area contributed by atoms with Crippen LogP contribution in [0.15, 0.2) is 23.3 Å². The van der Waals surface area contributed by atoms with Crippen molar-refractivity contribution in [3.8, 4) is 0 Å². The molecule has 0 unspecified atom stereocenters. The fourth-order valence-corrected chi connectivity index (χ4v) is 2.89. The van der Waals surface area contributed by atoms with Crippen molar-refractivity contribution >= 4 is 34.8 Å². The molecule has 20 heavy (non-hydrogen) atoms. The number of halogens is 2. The Hall–Kier alpha value is -1.06. The molecule has 0 radical (unpaired) electrons. The highest BCUT2D eigenvalue weighted by Crippen LogP contribution is 2.24. The first kappa shape index (κ1) is 15.3. The SMILES string of the molecule is CCC1CCC(=NNC(=O)c2ccc(Cl)cc2Cl)CC1. The lowest BCUT2D eigenvalue weighted by Gasteiger charge is -2.21. The number of amides is 1. The molecular formula is C15H18Cl2N2O. The first-order valence-electron chi connectivity index (χ1n) is 6.91. The minimum atomic E-state index is -0.295. The van der Waals surface area contributed by atoms with Crippen LogP contribution in [0.5, 0.6) is 0 Å². The fourth-order valence-electron chi connectivity index (χ4n) is 2.39. The van der Waals surface area contributed by atoms with E-state index in [2.05, 4.69) is 17.5 Å². The van der Waals surface area contributed by atoms with Gasteiger partial charge in [-0.1, -0.05) is 36.5 Å². The topological polar surface area (TPSA) is 41.5 Å². The number of hydrogen-bond donors (Lipinski definition) is 1. The van der Waals surface area contributed by atoms with E-state index >= 15 is 0 Å². The fraction of sp³-hybridized carbons (Fsp3) is 0.467. The highest BCUT2D eigenvalue weighted by Gasteiger charge is 2.16. The first-order chi connectivity index (χ1) is 9.60. The number of benzene rings is 1. The Morgan fingerprint density at radius 1 is 1.35 bits per heavy atom. The summed E-state index contributed by atoms with van der Waals surface area (Å²) in [5.41, 5.74) is 4.04. The molecule has 0 aromatic heterocycles. The molecule has 1 amide bonds. The number of carbonyl (C=O) groups is 1. The zero-order chi connectivity index (χ0) is 14.5. The molecule has 1 aromatic carbocycles. The lowest BCUT2D eigenvalue weighted by atomic mass is 9.86. The Balaban J connectivity index is 1.95. The van der Waals surface area contributed by atoms with Crippen LogP contribution in [0.2, 0.25) is 10.0 Å². The molecule has 2 rings (SSSR count). The molecule has 0 heterocycles. The molecule has 0 aliphatic heterocycles. The van der Waals surface area contributed by atoms with Crippen molar-refractivity contribution in [2.75, 3.05) is 0 Å². The van der Waals surface area contributed by atoms with Gasteiger partial charge in [0.1, 0.15) is 0 Å². The Morgan fingerprint density at radius 2 is 2.05 bits per heavy atom. The molecule has 1 aliphatic rings. The van der Waals surface area contributed by atoms with Gasteiger partial charge < -0.3 is 0 Å². The Kier molecular flexibility index (Phi) is 5.44. The van der Waals surface area contributed by atoms with Gasteiger partial charge in [0.2, 0.25) is 0 Å². The number of carbonyl (C=O) groups excluding carboxylic acids is 1. The lowest BCUT2D eigenvalue weighted by molar-refractivity contribution is 0.0954. The summed E-state index contributed by atoms with van der Waals surface area (Å²) < 4.78 is 0. The van der Waals surface area contributed by atoms with Gasteiger partial charge in [-0.05, 0) is 49.8 Å². The van der Waals surface area contributed by atoms with E-state index in [0.717, 1.165) is 37.3 Å². The van der Waals surface area contributed by atoms with Gasteiger partial charge in [-0.15, -0.1) is 0 Å². The maximum absolute atomic E-state index is 12.0. The molecule has 1 fully saturated rings. The second-order valence-corrected chi connectivity index (χ2v) is 5.94. The van der Waals surface area contributed by atoms with Crippen LogP contribution in [-0.2, 0) is 0 Å². The van der Waals surface area contributed by atoms with Gasteiger partial charge >= 0.3 is 0 Å². The summed E-state index contributed by atoms with van der Waals surface area (Å²) in [7, 11) is 0. The first-order valence-corrected chi connectivity index (χ1v) is 7.66.